The van der Waals surface area contributed by atoms with Crippen molar-refractivity contribution < 1.29 is 9.47 Å². The molecular weight excluding hydrogens is 384 g/mol. The Morgan fingerprint density at radius 2 is 1.72 bits per heavy atom. The van der Waals surface area contributed by atoms with Gasteiger partial charge in [-0.15, -0.1) is 0 Å². The molecule has 0 saturated heterocycles. The van der Waals surface area contributed by atoms with Gasteiger partial charge in [-0.1, -0.05) is 23.8 Å². The molecule has 2 aromatic carbocycles. The van der Waals surface area contributed by atoms with E-state index in [0.29, 0.717) is 24.9 Å². The van der Waals surface area contributed by atoms with Gasteiger partial charge in [0.1, 0.15) is 19.0 Å². The lowest BCUT2D eigenvalue weighted by Crippen LogP contribution is -2.28. The molecule has 4 rings (SSSR count). The van der Waals surface area contributed by atoms with Gasteiger partial charge in [-0.25, -0.2) is 4.98 Å². The summed E-state index contributed by atoms with van der Waals surface area (Å²) in [6.45, 7) is 3.81. The highest BCUT2D eigenvalue weighted by Crippen LogP contribution is 2.30. The van der Waals surface area contributed by atoms with Crippen molar-refractivity contribution in [3.63, 3.8) is 0 Å². The number of nitrogens with zero attached hydrogens (tertiary/aromatic N) is 1. The standard InChI is InChI=1S/C22H22N4O2S/c1-15-2-5-17(6-3-15)25-21-9-7-18(14-23-21)26-22(29)24-13-16-4-8-19-20(12-16)28-11-10-27-19/h2-9,12,14H,10-11,13H2,1H3,(H,23,25)(H2,24,26,29). The van der Waals surface area contributed by atoms with E-state index < -0.39 is 0 Å². The van der Waals surface area contributed by atoms with Crippen LogP contribution in [-0.2, 0) is 6.54 Å². The number of pyridine rings is 1. The number of hydrogen-bond donors (Lipinski definition) is 3. The number of benzene rings is 2. The summed E-state index contributed by atoms with van der Waals surface area (Å²) in [4.78, 5) is 4.42. The second kappa shape index (κ2) is 8.79. The summed E-state index contributed by atoms with van der Waals surface area (Å²) in [5, 5.41) is 10.1. The zero-order chi connectivity index (χ0) is 20.1. The van der Waals surface area contributed by atoms with E-state index in [4.69, 9.17) is 21.7 Å². The predicted octanol–water partition coefficient (Wildman–Crippen LogP) is 4.39. The molecule has 1 aliphatic rings. The van der Waals surface area contributed by atoms with Crippen molar-refractivity contribution in [2.75, 3.05) is 23.8 Å². The number of ether oxygens (including phenoxy) is 2. The first-order valence-electron chi connectivity index (χ1n) is 9.39. The fourth-order valence-electron chi connectivity index (χ4n) is 2.88. The third kappa shape index (κ3) is 5.14. The molecule has 1 aromatic heterocycles. The van der Waals surface area contributed by atoms with Gasteiger partial charge in [-0.3, -0.25) is 0 Å². The van der Waals surface area contributed by atoms with Crippen LogP contribution in [0.15, 0.2) is 60.8 Å². The van der Waals surface area contributed by atoms with Crippen molar-refractivity contribution in [1.29, 1.82) is 0 Å². The van der Waals surface area contributed by atoms with Crippen molar-refractivity contribution >= 4 is 34.5 Å². The number of aryl methyl sites for hydroxylation is 1. The third-order valence-electron chi connectivity index (χ3n) is 4.40. The van der Waals surface area contributed by atoms with E-state index >= 15 is 0 Å². The van der Waals surface area contributed by atoms with Gasteiger partial charge in [0.15, 0.2) is 16.6 Å². The van der Waals surface area contributed by atoms with Gasteiger partial charge >= 0.3 is 0 Å². The summed E-state index contributed by atoms with van der Waals surface area (Å²) in [5.41, 5.74) is 4.11. The van der Waals surface area contributed by atoms with Crippen LogP contribution in [0, 0.1) is 6.92 Å². The van der Waals surface area contributed by atoms with Crippen LogP contribution < -0.4 is 25.4 Å². The summed E-state index contributed by atoms with van der Waals surface area (Å²) in [7, 11) is 0. The topological polar surface area (TPSA) is 67.4 Å². The van der Waals surface area contributed by atoms with Gasteiger partial charge < -0.3 is 25.4 Å². The van der Waals surface area contributed by atoms with Crippen molar-refractivity contribution in [3.8, 4) is 11.5 Å². The van der Waals surface area contributed by atoms with Crippen LogP contribution in [0.2, 0.25) is 0 Å². The number of anilines is 3. The Morgan fingerprint density at radius 1 is 0.966 bits per heavy atom. The Bertz CT molecular complexity index is 991. The van der Waals surface area contributed by atoms with Gasteiger partial charge in [0, 0.05) is 12.2 Å². The highest BCUT2D eigenvalue weighted by atomic mass is 32.1. The van der Waals surface area contributed by atoms with Crippen molar-refractivity contribution in [1.82, 2.24) is 10.3 Å². The molecule has 29 heavy (non-hydrogen) atoms. The zero-order valence-electron chi connectivity index (χ0n) is 16.1. The van der Waals surface area contributed by atoms with E-state index in [-0.39, 0.29) is 0 Å². The Balaban J connectivity index is 1.28. The normalized spacial score (nSPS) is 12.2. The van der Waals surface area contributed by atoms with Crippen LogP contribution >= 0.6 is 12.2 Å². The highest BCUT2D eigenvalue weighted by Gasteiger charge is 2.11. The largest absolute Gasteiger partial charge is 0.486 e. The molecular formula is C22H22N4O2S. The lowest BCUT2D eigenvalue weighted by molar-refractivity contribution is 0.171. The van der Waals surface area contributed by atoms with Gasteiger partial charge in [0.2, 0.25) is 0 Å². The number of fused-ring (bicyclic) bond motifs is 1. The van der Waals surface area contributed by atoms with Crippen molar-refractivity contribution in [2.24, 2.45) is 0 Å². The fraction of sp³-hybridized carbons (Fsp3) is 0.182. The fourth-order valence-corrected chi connectivity index (χ4v) is 3.07. The van der Waals surface area contributed by atoms with Gasteiger partial charge in [-0.2, -0.15) is 0 Å². The quantitative estimate of drug-likeness (QED) is 0.543. The Kier molecular flexibility index (Phi) is 5.76. The molecule has 7 heteroatoms. The van der Waals surface area contributed by atoms with Crippen LogP contribution in [0.5, 0.6) is 11.5 Å². The summed E-state index contributed by atoms with van der Waals surface area (Å²) in [6, 6.07) is 17.9. The molecule has 3 N–H and O–H groups in total. The first-order valence-corrected chi connectivity index (χ1v) is 9.80. The second-order valence-electron chi connectivity index (χ2n) is 6.71. The molecule has 0 fully saturated rings. The molecule has 0 amide bonds. The van der Waals surface area contributed by atoms with Crippen LogP contribution in [-0.4, -0.2) is 23.3 Å². The molecule has 1 aliphatic heterocycles. The van der Waals surface area contributed by atoms with Crippen molar-refractivity contribution in [2.45, 2.75) is 13.5 Å². The highest BCUT2D eigenvalue weighted by molar-refractivity contribution is 7.80. The Hall–Kier alpha value is -3.32. The maximum Gasteiger partial charge on any atom is 0.171 e. The summed E-state index contributed by atoms with van der Waals surface area (Å²) < 4.78 is 11.2. The molecule has 3 aromatic rings. The predicted molar refractivity (Wildman–Crippen MR) is 119 cm³/mol. The van der Waals surface area contributed by atoms with Gasteiger partial charge in [-0.05, 0) is 61.1 Å². The van der Waals surface area contributed by atoms with Crippen LogP contribution in [0.1, 0.15) is 11.1 Å². The minimum Gasteiger partial charge on any atom is -0.486 e. The molecule has 0 bridgehead atoms. The molecule has 0 atom stereocenters. The molecule has 0 spiro atoms. The molecule has 0 saturated carbocycles. The monoisotopic (exact) mass is 406 g/mol. The minimum atomic E-state index is 0.529. The molecule has 0 aliphatic carbocycles. The molecule has 0 radical (unpaired) electrons. The van der Waals surface area contributed by atoms with Crippen LogP contribution in [0.3, 0.4) is 0 Å². The Labute approximate surface area is 175 Å². The van der Waals surface area contributed by atoms with E-state index in [1.807, 2.05) is 42.5 Å². The number of nitrogens with one attached hydrogen (secondary N) is 3. The lowest BCUT2D eigenvalue weighted by atomic mass is 10.2. The van der Waals surface area contributed by atoms with E-state index in [9.17, 15) is 0 Å². The SMILES string of the molecule is Cc1ccc(Nc2ccc(NC(=S)NCc3ccc4c(c3)OCCO4)cn2)cc1. The van der Waals surface area contributed by atoms with Crippen LogP contribution in [0.25, 0.3) is 0 Å². The van der Waals surface area contributed by atoms with E-state index in [2.05, 4.69) is 40.0 Å². The molecule has 6 nitrogen and oxygen atoms in total. The van der Waals surface area contributed by atoms with E-state index in [1.54, 1.807) is 6.20 Å². The number of rotatable bonds is 5. The van der Waals surface area contributed by atoms with Crippen LogP contribution in [0.4, 0.5) is 17.2 Å². The maximum atomic E-state index is 5.61. The summed E-state index contributed by atoms with van der Waals surface area (Å²) in [5.74, 6) is 2.33. The maximum absolute atomic E-state index is 5.61. The molecule has 0 unspecified atom stereocenters. The summed E-state index contributed by atoms with van der Waals surface area (Å²) >= 11 is 5.38. The molecule has 148 valence electrons. The van der Waals surface area contributed by atoms with E-state index in [1.165, 1.54) is 5.56 Å². The zero-order valence-corrected chi connectivity index (χ0v) is 16.9. The number of aromatic nitrogens is 1. The van der Waals surface area contributed by atoms with E-state index in [0.717, 1.165) is 34.3 Å². The molecule has 2 heterocycles. The minimum absolute atomic E-state index is 0.529. The second-order valence-corrected chi connectivity index (χ2v) is 7.12. The average Bonchev–Trinajstić information content (AvgIpc) is 2.75. The van der Waals surface area contributed by atoms with Crippen molar-refractivity contribution in [3.05, 3.63) is 71.9 Å². The van der Waals surface area contributed by atoms with Gasteiger partial charge in [0.05, 0.1) is 11.9 Å². The lowest BCUT2D eigenvalue weighted by Gasteiger charge is -2.19. The van der Waals surface area contributed by atoms with Gasteiger partial charge in [0.25, 0.3) is 0 Å². The smallest absolute Gasteiger partial charge is 0.171 e. The Morgan fingerprint density at radius 3 is 2.48 bits per heavy atom. The first kappa shape index (κ1) is 19.0. The number of hydrogen-bond acceptors (Lipinski definition) is 5. The summed E-state index contributed by atoms with van der Waals surface area (Å²) in [6.07, 6.45) is 1.74. The average molecular weight is 407 g/mol. The first-order chi connectivity index (χ1) is 14.2. The number of thiocarbonyl (C=S) groups is 1. The third-order valence-corrected chi connectivity index (χ3v) is 4.65.